The Labute approximate surface area is 130 Å². The van der Waals surface area contributed by atoms with Crippen LogP contribution in [0.4, 0.5) is 0 Å². The van der Waals surface area contributed by atoms with Crippen molar-refractivity contribution in [2.24, 2.45) is 0 Å². The highest BCUT2D eigenvalue weighted by Gasteiger charge is 2.15. The zero-order valence-corrected chi connectivity index (χ0v) is 12.8. The van der Waals surface area contributed by atoms with Crippen molar-refractivity contribution < 1.29 is 0 Å². The summed E-state index contributed by atoms with van der Waals surface area (Å²) in [6, 6.07) is 19.2. The predicted octanol–water partition coefficient (Wildman–Crippen LogP) is 4.49. The number of fused-ring (bicyclic) bond motifs is 1. The van der Waals surface area contributed by atoms with Crippen LogP contribution in [0.25, 0.3) is 10.9 Å². The van der Waals surface area contributed by atoms with E-state index in [0.29, 0.717) is 6.04 Å². The number of rotatable bonds is 5. The van der Waals surface area contributed by atoms with Crippen molar-refractivity contribution in [3.05, 3.63) is 71.4 Å². The first kappa shape index (κ1) is 14.2. The molecular weight excluding hydrogens is 280 g/mol. The van der Waals surface area contributed by atoms with Crippen LogP contribution in [0.2, 0.25) is 5.02 Å². The molecule has 0 saturated carbocycles. The third kappa shape index (κ3) is 2.97. The standard InChI is InChI=1S/C18H19ClN2/c1-20-11-9-17(14-5-3-2-4-6-14)21-12-10-15-7-8-16(19)13-18(15)21/h2-8,10,12-13,17,20H,9,11H2,1H3. The summed E-state index contributed by atoms with van der Waals surface area (Å²) < 4.78 is 2.33. The van der Waals surface area contributed by atoms with E-state index in [-0.39, 0.29) is 0 Å². The van der Waals surface area contributed by atoms with Crippen LogP contribution in [0.1, 0.15) is 18.0 Å². The van der Waals surface area contributed by atoms with Crippen molar-refractivity contribution in [3.63, 3.8) is 0 Å². The molecule has 108 valence electrons. The molecule has 0 spiro atoms. The molecule has 1 unspecified atom stereocenters. The van der Waals surface area contributed by atoms with E-state index in [1.54, 1.807) is 0 Å². The summed E-state index contributed by atoms with van der Waals surface area (Å²) in [6.07, 6.45) is 3.20. The van der Waals surface area contributed by atoms with Crippen LogP contribution in [0.15, 0.2) is 60.8 Å². The number of hydrogen-bond donors (Lipinski definition) is 1. The topological polar surface area (TPSA) is 17.0 Å². The molecule has 0 saturated heterocycles. The fourth-order valence-electron chi connectivity index (χ4n) is 2.82. The number of aromatic nitrogens is 1. The molecule has 1 N–H and O–H groups in total. The highest BCUT2D eigenvalue weighted by molar-refractivity contribution is 6.31. The fraction of sp³-hybridized carbons (Fsp3) is 0.222. The third-order valence-electron chi connectivity index (χ3n) is 3.87. The van der Waals surface area contributed by atoms with E-state index >= 15 is 0 Å². The maximum atomic E-state index is 6.18. The molecule has 3 heteroatoms. The molecule has 21 heavy (non-hydrogen) atoms. The van der Waals surface area contributed by atoms with Gasteiger partial charge in [-0.15, -0.1) is 0 Å². The Morgan fingerprint density at radius 1 is 1.10 bits per heavy atom. The second-order valence-electron chi connectivity index (χ2n) is 5.24. The van der Waals surface area contributed by atoms with Gasteiger partial charge in [-0.25, -0.2) is 0 Å². The monoisotopic (exact) mass is 298 g/mol. The number of hydrogen-bond acceptors (Lipinski definition) is 1. The Morgan fingerprint density at radius 2 is 1.90 bits per heavy atom. The van der Waals surface area contributed by atoms with Gasteiger partial charge in [0.25, 0.3) is 0 Å². The second-order valence-corrected chi connectivity index (χ2v) is 5.68. The van der Waals surface area contributed by atoms with Crippen molar-refractivity contribution in [1.82, 2.24) is 9.88 Å². The zero-order chi connectivity index (χ0) is 14.7. The average Bonchev–Trinajstić information content (AvgIpc) is 2.92. The zero-order valence-electron chi connectivity index (χ0n) is 12.1. The molecule has 0 aliphatic carbocycles. The molecule has 1 atom stereocenters. The molecule has 0 radical (unpaired) electrons. The summed E-state index contributed by atoms with van der Waals surface area (Å²) in [5.74, 6) is 0. The molecule has 2 aromatic carbocycles. The third-order valence-corrected chi connectivity index (χ3v) is 4.11. The van der Waals surface area contributed by atoms with Gasteiger partial charge in [-0.3, -0.25) is 0 Å². The van der Waals surface area contributed by atoms with Crippen molar-refractivity contribution in [1.29, 1.82) is 0 Å². The van der Waals surface area contributed by atoms with Crippen molar-refractivity contribution >= 4 is 22.5 Å². The average molecular weight is 299 g/mol. The van der Waals surface area contributed by atoms with E-state index in [1.165, 1.54) is 16.5 Å². The van der Waals surface area contributed by atoms with E-state index in [4.69, 9.17) is 11.6 Å². The number of benzene rings is 2. The fourth-order valence-corrected chi connectivity index (χ4v) is 2.98. The normalized spacial score (nSPS) is 12.7. The van der Waals surface area contributed by atoms with Gasteiger partial charge in [-0.2, -0.15) is 0 Å². The smallest absolute Gasteiger partial charge is 0.0598 e. The van der Waals surface area contributed by atoms with Crippen LogP contribution in [-0.2, 0) is 0 Å². The highest BCUT2D eigenvalue weighted by atomic mass is 35.5. The van der Waals surface area contributed by atoms with Gasteiger partial charge in [0.05, 0.1) is 11.6 Å². The summed E-state index contributed by atoms with van der Waals surface area (Å²) in [6.45, 7) is 0.972. The van der Waals surface area contributed by atoms with E-state index in [9.17, 15) is 0 Å². The van der Waals surface area contributed by atoms with Crippen LogP contribution in [0.3, 0.4) is 0 Å². The molecule has 3 aromatic rings. The minimum atomic E-state index is 0.314. The van der Waals surface area contributed by atoms with E-state index in [1.807, 2.05) is 19.2 Å². The van der Waals surface area contributed by atoms with Gasteiger partial charge in [0, 0.05) is 11.2 Å². The lowest BCUT2D eigenvalue weighted by molar-refractivity contribution is 0.539. The van der Waals surface area contributed by atoms with Crippen LogP contribution in [0.5, 0.6) is 0 Å². The van der Waals surface area contributed by atoms with Crippen molar-refractivity contribution in [2.45, 2.75) is 12.5 Å². The molecular formula is C18H19ClN2. The number of halogens is 1. The summed E-state index contributed by atoms with van der Waals surface area (Å²) in [5.41, 5.74) is 2.51. The lowest BCUT2D eigenvalue weighted by atomic mass is 10.0. The minimum Gasteiger partial charge on any atom is -0.340 e. The molecule has 0 aliphatic rings. The highest BCUT2D eigenvalue weighted by Crippen LogP contribution is 2.29. The molecule has 3 rings (SSSR count). The quantitative estimate of drug-likeness (QED) is 0.734. The van der Waals surface area contributed by atoms with Crippen LogP contribution in [-0.4, -0.2) is 18.2 Å². The molecule has 0 amide bonds. The van der Waals surface area contributed by atoms with Gasteiger partial charge in [0.1, 0.15) is 0 Å². The van der Waals surface area contributed by atoms with Gasteiger partial charge in [-0.05, 0) is 49.2 Å². The van der Waals surface area contributed by atoms with Crippen molar-refractivity contribution in [3.8, 4) is 0 Å². The van der Waals surface area contributed by atoms with Gasteiger partial charge in [0.2, 0.25) is 0 Å². The lowest BCUT2D eigenvalue weighted by Gasteiger charge is -2.21. The van der Waals surface area contributed by atoms with Gasteiger partial charge < -0.3 is 9.88 Å². The largest absolute Gasteiger partial charge is 0.340 e. The van der Waals surface area contributed by atoms with Gasteiger partial charge >= 0.3 is 0 Å². The Balaban J connectivity index is 2.07. The molecule has 2 nitrogen and oxygen atoms in total. The summed E-state index contributed by atoms with van der Waals surface area (Å²) in [4.78, 5) is 0. The Kier molecular flexibility index (Phi) is 4.28. The lowest BCUT2D eigenvalue weighted by Crippen LogP contribution is -2.17. The minimum absolute atomic E-state index is 0.314. The van der Waals surface area contributed by atoms with Crippen molar-refractivity contribution in [2.75, 3.05) is 13.6 Å². The van der Waals surface area contributed by atoms with Gasteiger partial charge in [-0.1, -0.05) is 48.0 Å². The van der Waals surface area contributed by atoms with Crippen LogP contribution < -0.4 is 5.32 Å². The van der Waals surface area contributed by atoms with E-state index in [2.05, 4.69) is 58.5 Å². The Bertz CT molecular complexity index is 718. The number of nitrogens with zero attached hydrogens (tertiary/aromatic N) is 1. The van der Waals surface area contributed by atoms with Crippen LogP contribution in [0, 0.1) is 0 Å². The molecule has 0 fully saturated rings. The summed E-state index contributed by atoms with van der Waals surface area (Å²) >= 11 is 6.18. The molecule has 0 aliphatic heterocycles. The molecule has 0 bridgehead atoms. The SMILES string of the molecule is CNCCC(c1ccccc1)n1ccc2ccc(Cl)cc21. The first-order valence-electron chi connectivity index (χ1n) is 7.25. The maximum absolute atomic E-state index is 6.18. The van der Waals surface area contributed by atoms with Gasteiger partial charge in [0.15, 0.2) is 0 Å². The summed E-state index contributed by atoms with van der Waals surface area (Å²) in [7, 11) is 1.99. The molecule has 1 aromatic heterocycles. The summed E-state index contributed by atoms with van der Waals surface area (Å²) in [5, 5.41) is 5.26. The van der Waals surface area contributed by atoms with E-state index in [0.717, 1.165) is 18.0 Å². The predicted molar refractivity (Wildman–Crippen MR) is 90.1 cm³/mol. The maximum Gasteiger partial charge on any atom is 0.0598 e. The first-order chi connectivity index (χ1) is 10.3. The van der Waals surface area contributed by atoms with E-state index < -0.39 is 0 Å². The Morgan fingerprint density at radius 3 is 2.67 bits per heavy atom. The van der Waals surface area contributed by atoms with Crippen LogP contribution >= 0.6 is 11.6 Å². The number of nitrogens with one attached hydrogen (secondary N) is 1. The first-order valence-corrected chi connectivity index (χ1v) is 7.63. The Hall–Kier alpha value is -1.77. The molecule has 1 heterocycles. The second kappa shape index (κ2) is 6.33.